The highest BCUT2D eigenvalue weighted by Crippen LogP contribution is 1.85. The normalized spacial score (nSPS) is 13.6. The molecule has 0 spiro atoms. The third-order valence-corrected chi connectivity index (χ3v) is 0.694. The van der Waals surface area contributed by atoms with Gasteiger partial charge in [-0.3, -0.25) is 4.98 Å². The SMILES string of the molecule is [2H]c1ncsc1[2H]. The van der Waals surface area contributed by atoms with Gasteiger partial charge in [0.05, 0.1) is 8.25 Å². The predicted molar refractivity (Wildman–Crippen MR) is 22.1 cm³/mol. The van der Waals surface area contributed by atoms with Gasteiger partial charge in [0, 0.05) is 11.5 Å². The Balaban J connectivity index is 3.12. The minimum atomic E-state index is 0.0741. The average molecular weight is 87.1 g/mol. The molecule has 0 aliphatic heterocycles. The van der Waals surface area contributed by atoms with Gasteiger partial charge in [-0.2, -0.15) is 0 Å². The molecule has 5 heavy (non-hydrogen) atoms. The quantitative estimate of drug-likeness (QED) is 0.462. The summed E-state index contributed by atoms with van der Waals surface area (Å²) in [6.07, 6.45) is 0.0741. The molecule has 1 aromatic heterocycles. The Morgan fingerprint density at radius 1 is 2.00 bits per heavy atom. The molecule has 0 unspecified atom stereocenters. The van der Waals surface area contributed by atoms with Crippen LogP contribution in [-0.4, -0.2) is 4.98 Å². The molecule has 0 bridgehead atoms. The molecule has 0 aliphatic carbocycles. The Hall–Kier alpha value is -0.370. The van der Waals surface area contributed by atoms with Crippen molar-refractivity contribution < 1.29 is 2.74 Å². The second-order valence-electron chi connectivity index (χ2n) is 0.566. The van der Waals surface area contributed by atoms with Gasteiger partial charge in [0.15, 0.2) is 0 Å². The largest absolute Gasteiger partial charge is 0.253 e. The lowest BCUT2D eigenvalue weighted by Gasteiger charge is -1.41. The lowest BCUT2D eigenvalue weighted by atomic mass is 11.0. The molecular formula is C3H3NS. The summed E-state index contributed by atoms with van der Waals surface area (Å²) >= 11 is 1.17. The van der Waals surface area contributed by atoms with E-state index in [1.54, 1.807) is 0 Å². The zero-order valence-electron chi connectivity index (χ0n) is 4.43. The zero-order chi connectivity index (χ0) is 5.28. The zero-order valence-corrected chi connectivity index (χ0v) is 3.25. The van der Waals surface area contributed by atoms with Crippen LogP contribution < -0.4 is 0 Å². The van der Waals surface area contributed by atoms with Crippen molar-refractivity contribution in [2.45, 2.75) is 0 Å². The Morgan fingerprint density at radius 3 is 3.20 bits per heavy atom. The second kappa shape index (κ2) is 1.17. The van der Waals surface area contributed by atoms with Gasteiger partial charge in [0.2, 0.25) is 0 Å². The lowest BCUT2D eigenvalue weighted by molar-refractivity contribution is 1.43. The van der Waals surface area contributed by atoms with Crippen LogP contribution >= 0.6 is 11.3 Å². The van der Waals surface area contributed by atoms with E-state index in [1.165, 1.54) is 16.8 Å². The van der Waals surface area contributed by atoms with Crippen LogP contribution in [-0.2, 0) is 0 Å². The van der Waals surface area contributed by atoms with E-state index in [1.807, 2.05) is 0 Å². The van der Waals surface area contributed by atoms with Crippen LogP contribution in [0.5, 0.6) is 0 Å². The van der Waals surface area contributed by atoms with Gasteiger partial charge in [-0.15, -0.1) is 11.3 Å². The summed E-state index contributed by atoms with van der Waals surface area (Å²) in [5, 5.41) is 0.236. The first-order valence-corrected chi connectivity index (χ1v) is 2.05. The molecule has 0 fully saturated rings. The first-order chi connectivity index (χ1) is 3.30. The first kappa shape index (κ1) is 1.39. The van der Waals surface area contributed by atoms with Crippen molar-refractivity contribution in [1.82, 2.24) is 4.98 Å². The van der Waals surface area contributed by atoms with Gasteiger partial charge in [0.25, 0.3) is 0 Å². The molecule has 0 aliphatic rings. The summed E-state index contributed by atoms with van der Waals surface area (Å²) in [7, 11) is 0. The molecule has 1 aromatic rings. The molecule has 0 aromatic carbocycles. The van der Waals surface area contributed by atoms with Gasteiger partial charge in [-0.1, -0.05) is 0 Å². The molecule has 0 radical (unpaired) electrons. The number of rotatable bonds is 0. The topological polar surface area (TPSA) is 12.9 Å². The standard InChI is InChI=1S/C3H3NS/c1-2-5-3-4-1/h1-3H/i1D,2D. The van der Waals surface area contributed by atoms with Crippen molar-refractivity contribution in [3.63, 3.8) is 0 Å². The molecule has 2 heteroatoms. The van der Waals surface area contributed by atoms with Gasteiger partial charge in [-0.25, -0.2) is 0 Å². The van der Waals surface area contributed by atoms with Crippen molar-refractivity contribution in [2.75, 3.05) is 0 Å². The predicted octanol–water partition coefficient (Wildman–Crippen LogP) is 1.14. The summed E-state index contributed by atoms with van der Waals surface area (Å²) in [4.78, 5) is 3.51. The van der Waals surface area contributed by atoms with Crippen LogP contribution in [0.4, 0.5) is 0 Å². The van der Waals surface area contributed by atoms with Crippen LogP contribution in [0, 0.1) is 0 Å². The fraction of sp³-hybridized carbons (Fsp3) is 0. The Morgan fingerprint density at radius 2 is 3.00 bits per heavy atom. The number of thiazole rings is 1. The van der Waals surface area contributed by atoms with Gasteiger partial charge in [0.1, 0.15) is 0 Å². The maximum absolute atomic E-state index is 6.87. The van der Waals surface area contributed by atoms with E-state index >= 15 is 0 Å². The molecule has 1 rings (SSSR count). The maximum atomic E-state index is 6.87. The maximum Gasteiger partial charge on any atom is 0.0849 e. The smallest absolute Gasteiger partial charge is 0.0849 e. The van der Waals surface area contributed by atoms with Gasteiger partial charge < -0.3 is 0 Å². The lowest BCUT2D eigenvalue weighted by Crippen LogP contribution is -1.38. The molecule has 0 saturated heterocycles. The highest BCUT2D eigenvalue weighted by molar-refractivity contribution is 7.07. The van der Waals surface area contributed by atoms with Crippen molar-refractivity contribution in [3.05, 3.63) is 17.0 Å². The summed E-state index contributed by atoms with van der Waals surface area (Å²) in [6.45, 7) is 0. The van der Waals surface area contributed by atoms with Crippen molar-refractivity contribution in [3.8, 4) is 0 Å². The molecular weight excluding hydrogens is 82.1 g/mol. The summed E-state index contributed by atoms with van der Waals surface area (Å²) in [5.41, 5.74) is 1.49. The number of hydrogen-bond donors (Lipinski definition) is 0. The van der Waals surface area contributed by atoms with E-state index in [0.717, 1.165) is 0 Å². The van der Waals surface area contributed by atoms with Crippen molar-refractivity contribution >= 4 is 11.3 Å². The first-order valence-electron chi connectivity index (χ1n) is 2.17. The summed E-state index contributed by atoms with van der Waals surface area (Å²) < 4.78 is 13.7. The van der Waals surface area contributed by atoms with E-state index in [9.17, 15) is 0 Å². The van der Waals surface area contributed by atoms with E-state index < -0.39 is 0 Å². The fourth-order valence-corrected chi connectivity index (χ4v) is 0.395. The van der Waals surface area contributed by atoms with Crippen molar-refractivity contribution in [2.24, 2.45) is 0 Å². The number of nitrogens with zero attached hydrogens (tertiary/aromatic N) is 1. The third kappa shape index (κ3) is 0.450. The molecule has 1 nitrogen and oxygen atoms in total. The molecule has 0 saturated carbocycles. The van der Waals surface area contributed by atoms with Crippen molar-refractivity contribution in [1.29, 1.82) is 0 Å². The minimum Gasteiger partial charge on any atom is -0.253 e. The Labute approximate surface area is 37.1 Å². The minimum absolute atomic E-state index is 0.0741. The van der Waals surface area contributed by atoms with E-state index in [4.69, 9.17) is 2.74 Å². The van der Waals surface area contributed by atoms with Gasteiger partial charge in [-0.05, 0) is 0 Å². The van der Waals surface area contributed by atoms with Crippen LogP contribution in [0.2, 0.25) is 0 Å². The van der Waals surface area contributed by atoms with E-state index in [0.29, 0.717) is 0 Å². The highest BCUT2D eigenvalue weighted by Gasteiger charge is 1.59. The molecule has 0 N–H and O–H groups in total. The molecule has 0 amide bonds. The Kier molecular flexibility index (Phi) is 0.325. The Bertz CT molecular complexity index is 145. The van der Waals surface area contributed by atoms with E-state index in [2.05, 4.69) is 4.98 Å². The second-order valence-corrected chi connectivity index (χ2v) is 1.22. The molecule has 1 heterocycles. The monoisotopic (exact) mass is 87.0 g/mol. The number of aromatic nitrogens is 1. The fourth-order valence-electron chi connectivity index (χ4n) is 0.132. The third-order valence-electron chi connectivity index (χ3n) is 0.275. The van der Waals surface area contributed by atoms with Gasteiger partial charge >= 0.3 is 0 Å². The summed E-state index contributed by atoms with van der Waals surface area (Å²) in [6, 6.07) is 0. The highest BCUT2D eigenvalue weighted by atomic mass is 32.1. The van der Waals surface area contributed by atoms with Crippen LogP contribution in [0.1, 0.15) is 2.74 Å². The van der Waals surface area contributed by atoms with Crippen LogP contribution in [0.3, 0.4) is 0 Å². The summed E-state index contributed by atoms with van der Waals surface area (Å²) in [5.74, 6) is 0. The molecule has 0 atom stereocenters. The van der Waals surface area contributed by atoms with Crippen LogP contribution in [0.25, 0.3) is 0 Å². The van der Waals surface area contributed by atoms with Crippen LogP contribution in [0.15, 0.2) is 17.0 Å². The number of hydrogen-bond acceptors (Lipinski definition) is 2. The molecule has 26 valence electrons. The average Bonchev–Trinajstić information content (AvgIpc) is 1.91. The van der Waals surface area contributed by atoms with E-state index in [-0.39, 0.29) is 11.5 Å².